The first-order valence-corrected chi connectivity index (χ1v) is 4.51. The molecule has 2 N–H and O–H groups in total. The smallest absolute Gasteiger partial charge is 0.407 e. The van der Waals surface area contributed by atoms with Crippen LogP contribution in [-0.4, -0.2) is 41.3 Å². The molecule has 0 radical (unpaired) electrons. The summed E-state index contributed by atoms with van der Waals surface area (Å²) in [6.07, 6.45) is 2.35. The topological polar surface area (TPSA) is 52.6 Å². The van der Waals surface area contributed by atoms with Gasteiger partial charge < -0.3 is 15.3 Å². The third kappa shape index (κ3) is 1.39. The van der Waals surface area contributed by atoms with Crippen molar-refractivity contribution in [2.24, 2.45) is 0 Å². The molecule has 0 bridgehead atoms. The highest BCUT2D eigenvalue weighted by Gasteiger charge is 2.38. The number of nitrogens with zero attached hydrogens (tertiary/aromatic N) is 1. The molecule has 1 heterocycles. The number of rotatable bonds is 2. The van der Waals surface area contributed by atoms with Crippen molar-refractivity contribution in [1.29, 1.82) is 0 Å². The lowest BCUT2D eigenvalue weighted by molar-refractivity contribution is 0.124. The maximum absolute atomic E-state index is 10.9. The fourth-order valence-corrected chi connectivity index (χ4v) is 1.84. The summed E-state index contributed by atoms with van der Waals surface area (Å²) < 4.78 is 0. The quantitative estimate of drug-likeness (QED) is 0.634. The number of carbonyl (C=O) groups is 1. The van der Waals surface area contributed by atoms with E-state index in [1.54, 1.807) is 4.90 Å². The molecule has 1 amide bonds. The van der Waals surface area contributed by atoms with Gasteiger partial charge >= 0.3 is 6.09 Å². The molecule has 68 valence electrons. The van der Waals surface area contributed by atoms with Crippen LogP contribution < -0.4 is 5.32 Å². The molecule has 1 atom stereocenters. The first kappa shape index (κ1) is 7.86. The monoisotopic (exact) mass is 170 g/mol. The highest BCUT2D eigenvalue weighted by atomic mass is 16.4. The number of nitrogens with one attached hydrogen (secondary N) is 1. The molecule has 4 nitrogen and oxygen atoms in total. The second-order valence-electron chi connectivity index (χ2n) is 3.57. The lowest BCUT2D eigenvalue weighted by Crippen LogP contribution is -2.42. The summed E-state index contributed by atoms with van der Waals surface area (Å²) in [7, 11) is 0. The van der Waals surface area contributed by atoms with E-state index in [1.807, 2.05) is 0 Å². The summed E-state index contributed by atoms with van der Waals surface area (Å²) in [6.45, 7) is 1.80. The fourth-order valence-electron chi connectivity index (χ4n) is 1.84. The zero-order valence-electron chi connectivity index (χ0n) is 6.99. The Balaban J connectivity index is 1.99. The normalized spacial score (nSPS) is 28.8. The van der Waals surface area contributed by atoms with E-state index in [0.29, 0.717) is 6.04 Å². The summed E-state index contributed by atoms with van der Waals surface area (Å²) in [5, 5.41) is 12.1. The van der Waals surface area contributed by atoms with E-state index in [2.05, 4.69) is 5.32 Å². The Labute approximate surface area is 71.5 Å². The summed E-state index contributed by atoms with van der Waals surface area (Å²) >= 11 is 0. The molecule has 4 heteroatoms. The van der Waals surface area contributed by atoms with Gasteiger partial charge in [-0.15, -0.1) is 0 Å². The maximum Gasteiger partial charge on any atom is 0.407 e. The number of hydrogen-bond acceptors (Lipinski definition) is 2. The van der Waals surface area contributed by atoms with Crippen LogP contribution in [0.4, 0.5) is 4.79 Å². The molecule has 0 aromatic heterocycles. The molecule has 0 aromatic carbocycles. The summed E-state index contributed by atoms with van der Waals surface area (Å²) in [6, 6.07) is 0.558. The van der Waals surface area contributed by atoms with Crippen molar-refractivity contribution in [3.05, 3.63) is 0 Å². The molecular weight excluding hydrogens is 156 g/mol. The Kier molecular flexibility index (Phi) is 1.92. The van der Waals surface area contributed by atoms with E-state index in [4.69, 9.17) is 5.11 Å². The minimum Gasteiger partial charge on any atom is -0.465 e. The molecule has 2 fully saturated rings. The van der Waals surface area contributed by atoms with Crippen LogP contribution in [0.1, 0.15) is 19.3 Å². The Morgan fingerprint density at radius 3 is 2.50 bits per heavy atom. The average molecular weight is 170 g/mol. The van der Waals surface area contributed by atoms with Crippen molar-refractivity contribution in [3.8, 4) is 0 Å². The number of hydrogen-bond donors (Lipinski definition) is 2. The van der Waals surface area contributed by atoms with Crippen LogP contribution in [0, 0.1) is 0 Å². The zero-order valence-corrected chi connectivity index (χ0v) is 6.99. The lowest BCUT2D eigenvalue weighted by atomic mass is 10.2. The third-order valence-electron chi connectivity index (χ3n) is 2.59. The molecule has 2 rings (SSSR count). The summed E-state index contributed by atoms with van der Waals surface area (Å²) in [4.78, 5) is 12.5. The minimum atomic E-state index is -0.744. The molecule has 1 saturated carbocycles. The minimum absolute atomic E-state index is 0.231. The summed E-state index contributed by atoms with van der Waals surface area (Å²) in [5.74, 6) is 0. The van der Waals surface area contributed by atoms with Gasteiger partial charge in [0.25, 0.3) is 0 Å². The predicted molar refractivity (Wildman–Crippen MR) is 44.2 cm³/mol. The SMILES string of the molecule is O=C(O)N(C1CC1)[C@H]1CCNC1. The van der Waals surface area contributed by atoms with Crippen molar-refractivity contribution in [2.75, 3.05) is 13.1 Å². The molecule has 1 aliphatic carbocycles. The van der Waals surface area contributed by atoms with Gasteiger partial charge in [0.05, 0.1) is 0 Å². The standard InChI is InChI=1S/C8H14N2O2/c11-8(12)10(6-1-2-6)7-3-4-9-5-7/h6-7,9H,1-5H2,(H,11,12)/t7-/m0/s1. The van der Waals surface area contributed by atoms with Crippen molar-refractivity contribution < 1.29 is 9.90 Å². The molecule has 0 aromatic rings. The number of amides is 1. The molecule has 12 heavy (non-hydrogen) atoms. The van der Waals surface area contributed by atoms with Gasteiger partial charge in [-0.25, -0.2) is 4.79 Å². The Bertz CT molecular complexity index is 185. The second kappa shape index (κ2) is 2.94. The van der Waals surface area contributed by atoms with E-state index in [-0.39, 0.29) is 6.04 Å². The molecule has 1 saturated heterocycles. The fraction of sp³-hybridized carbons (Fsp3) is 0.875. The van der Waals surface area contributed by atoms with Gasteiger partial charge in [-0.2, -0.15) is 0 Å². The number of carboxylic acid groups (broad SMARTS) is 1. The van der Waals surface area contributed by atoms with Gasteiger partial charge in [-0.1, -0.05) is 0 Å². The largest absolute Gasteiger partial charge is 0.465 e. The zero-order chi connectivity index (χ0) is 8.55. The van der Waals surface area contributed by atoms with Crippen LogP contribution in [0.5, 0.6) is 0 Å². The first-order chi connectivity index (χ1) is 5.79. The van der Waals surface area contributed by atoms with Gasteiger partial charge in [0.15, 0.2) is 0 Å². The van der Waals surface area contributed by atoms with E-state index < -0.39 is 6.09 Å². The molecule has 0 spiro atoms. The van der Waals surface area contributed by atoms with Gasteiger partial charge in [0.2, 0.25) is 0 Å². The van der Waals surface area contributed by atoms with E-state index >= 15 is 0 Å². The Morgan fingerprint density at radius 1 is 1.33 bits per heavy atom. The van der Waals surface area contributed by atoms with E-state index in [0.717, 1.165) is 32.4 Å². The van der Waals surface area contributed by atoms with E-state index in [1.165, 1.54) is 0 Å². The maximum atomic E-state index is 10.9. The van der Waals surface area contributed by atoms with Gasteiger partial charge in [0.1, 0.15) is 0 Å². The van der Waals surface area contributed by atoms with Crippen molar-refractivity contribution >= 4 is 6.09 Å². The average Bonchev–Trinajstić information content (AvgIpc) is 2.65. The molecule has 2 aliphatic rings. The van der Waals surface area contributed by atoms with Crippen molar-refractivity contribution in [2.45, 2.75) is 31.3 Å². The predicted octanol–water partition coefficient (Wildman–Crippen LogP) is 0.491. The molecule has 0 unspecified atom stereocenters. The van der Waals surface area contributed by atoms with Crippen molar-refractivity contribution in [3.63, 3.8) is 0 Å². The molecular formula is C8H14N2O2. The second-order valence-corrected chi connectivity index (χ2v) is 3.57. The summed E-state index contributed by atoms with van der Waals surface area (Å²) in [5.41, 5.74) is 0. The van der Waals surface area contributed by atoms with Crippen LogP contribution in [0.2, 0.25) is 0 Å². The van der Waals surface area contributed by atoms with E-state index in [9.17, 15) is 4.79 Å². The lowest BCUT2D eigenvalue weighted by Gasteiger charge is -2.24. The highest BCUT2D eigenvalue weighted by molar-refractivity contribution is 5.66. The van der Waals surface area contributed by atoms with Crippen LogP contribution in [0.25, 0.3) is 0 Å². The van der Waals surface area contributed by atoms with Gasteiger partial charge in [-0.05, 0) is 25.8 Å². The van der Waals surface area contributed by atoms with Crippen LogP contribution in [-0.2, 0) is 0 Å². The Hall–Kier alpha value is -0.770. The Morgan fingerprint density at radius 2 is 2.08 bits per heavy atom. The first-order valence-electron chi connectivity index (χ1n) is 4.51. The van der Waals surface area contributed by atoms with Crippen LogP contribution in [0.15, 0.2) is 0 Å². The molecule has 1 aliphatic heterocycles. The van der Waals surface area contributed by atoms with Crippen LogP contribution >= 0.6 is 0 Å². The van der Waals surface area contributed by atoms with Gasteiger partial charge in [-0.3, -0.25) is 0 Å². The highest BCUT2D eigenvalue weighted by Crippen LogP contribution is 2.30. The van der Waals surface area contributed by atoms with Gasteiger partial charge in [0, 0.05) is 18.6 Å². The van der Waals surface area contributed by atoms with Crippen molar-refractivity contribution in [1.82, 2.24) is 10.2 Å². The van der Waals surface area contributed by atoms with Crippen LogP contribution in [0.3, 0.4) is 0 Å². The third-order valence-corrected chi connectivity index (χ3v) is 2.59.